The number of aryl methyl sites for hydroxylation is 1. The molecule has 2 rings (SSSR count). The first-order chi connectivity index (χ1) is 12.4. The van der Waals surface area contributed by atoms with Crippen molar-refractivity contribution in [1.82, 2.24) is 4.57 Å². The van der Waals surface area contributed by atoms with Crippen LogP contribution >= 0.6 is 0 Å². The smallest absolute Gasteiger partial charge is 0.352 e. The molecule has 26 heavy (non-hydrogen) atoms. The van der Waals surface area contributed by atoms with E-state index in [9.17, 15) is 24.8 Å². The maximum absolute atomic E-state index is 12.7. The van der Waals surface area contributed by atoms with Gasteiger partial charge >= 0.3 is 5.69 Å². The molecule has 0 unspecified atom stereocenters. The van der Waals surface area contributed by atoms with Gasteiger partial charge in [-0.2, -0.15) is 0 Å². The maximum Gasteiger partial charge on any atom is 0.352 e. The molecule has 2 aromatic rings. The summed E-state index contributed by atoms with van der Waals surface area (Å²) in [7, 11) is 1.23. The zero-order valence-corrected chi connectivity index (χ0v) is 14.6. The maximum atomic E-state index is 12.7. The fraction of sp³-hybridized carbons (Fsp3) is 0.333. The number of nitrogens with zero attached hydrogens (tertiary/aromatic N) is 2. The van der Waals surface area contributed by atoms with E-state index in [4.69, 9.17) is 4.74 Å². The van der Waals surface area contributed by atoms with Gasteiger partial charge in [0.05, 0.1) is 17.6 Å². The number of carbonyl (C=O) groups is 1. The number of hydrogen-bond acceptors (Lipinski definition) is 6. The van der Waals surface area contributed by atoms with E-state index in [1.165, 1.54) is 42.1 Å². The quantitative estimate of drug-likeness (QED) is 0.335. The van der Waals surface area contributed by atoms with Crippen LogP contribution in [0.2, 0.25) is 0 Å². The van der Waals surface area contributed by atoms with Gasteiger partial charge in [0.1, 0.15) is 0 Å². The number of nitro benzene ring substituents is 1. The third kappa shape index (κ3) is 3.90. The molecule has 0 bridgehead atoms. The lowest BCUT2D eigenvalue weighted by atomic mass is 10.0. The Kier molecular flexibility index (Phi) is 6.11. The fourth-order valence-corrected chi connectivity index (χ4v) is 2.61. The molecule has 1 aromatic carbocycles. The molecule has 0 saturated carbocycles. The number of carbonyl (C=O) groups excluding carboxylic acids is 1. The van der Waals surface area contributed by atoms with Crippen LogP contribution in [0.4, 0.5) is 5.69 Å². The topological polar surface area (TPSA) is 112 Å². The molecular weight excluding hydrogens is 340 g/mol. The number of phenolic OH excluding ortho intramolecular Hbond substituents is 1. The standard InChI is InChI=1S/C18H20N2O6/c1-3-4-5-10-19-11-12(6-9-15(19)21)17(22)13-7-8-14(26-2)16(18(13)23)20(24)25/h6-9,11,23H,3-5,10H2,1-2H3. The van der Waals surface area contributed by atoms with Crippen LogP contribution in [0.15, 0.2) is 35.3 Å². The number of aromatic hydroxyl groups is 1. The summed E-state index contributed by atoms with van der Waals surface area (Å²) < 4.78 is 6.29. The Morgan fingerprint density at radius 1 is 1.27 bits per heavy atom. The number of aromatic nitrogens is 1. The van der Waals surface area contributed by atoms with Crippen LogP contribution in [0.3, 0.4) is 0 Å². The summed E-state index contributed by atoms with van der Waals surface area (Å²) in [5, 5.41) is 21.4. The van der Waals surface area contributed by atoms with Gasteiger partial charge in [0.15, 0.2) is 5.78 Å². The summed E-state index contributed by atoms with van der Waals surface area (Å²) in [6, 6.07) is 5.13. The van der Waals surface area contributed by atoms with Gasteiger partial charge in [-0.3, -0.25) is 19.7 Å². The Bertz CT molecular complexity index is 888. The molecule has 1 aromatic heterocycles. The van der Waals surface area contributed by atoms with Gasteiger partial charge in [-0.05, 0) is 24.6 Å². The van der Waals surface area contributed by atoms with E-state index in [0.29, 0.717) is 6.54 Å². The number of unbranched alkanes of at least 4 members (excludes halogenated alkanes) is 2. The molecule has 0 aliphatic carbocycles. The predicted octanol–water partition coefficient (Wildman–Crippen LogP) is 2.89. The van der Waals surface area contributed by atoms with Gasteiger partial charge in [-0.1, -0.05) is 19.8 Å². The summed E-state index contributed by atoms with van der Waals surface area (Å²) in [6.45, 7) is 2.52. The molecule has 0 aliphatic rings. The number of benzene rings is 1. The zero-order valence-electron chi connectivity index (χ0n) is 14.6. The van der Waals surface area contributed by atoms with Crippen LogP contribution in [0.1, 0.15) is 42.1 Å². The molecule has 0 atom stereocenters. The summed E-state index contributed by atoms with van der Waals surface area (Å²) in [5.41, 5.74) is -0.968. The Morgan fingerprint density at radius 3 is 2.62 bits per heavy atom. The molecule has 0 spiro atoms. The highest BCUT2D eigenvalue weighted by Gasteiger charge is 2.27. The van der Waals surface area contributed by atoms with Crippen molar-refractivity contribution in [2.75, 3.05) is 7.11 Å². The summed E-state index contributed by atoms with van der Waals surface area (Å²) in [5.74, 6) is -1.52. The van der Waals surface area contributed by atoms with Crippen LogP contribution in [0.25, 0.3) is 0 Å². The first-order valence-electron chi connectivity index (χ1n) is 8.20. The monoisotopic (exact) mass is 360 g/mol. The number of pyridine rings is 1. The van der Waals surface area contributed by atoms with Crippen molar-refractivity contribution >= 4 is 11.5 Å². The van der Waals surface area contributed by atoms with Crippen LogP contribution in [-0.4, -0.2) is 27.5 Å². The van der Waals surface area contributed by atoms with Gasteiger partial charge in [-0.15, -0.1) is 0 Å². The predicted molar refractivity (Wildman–Crippen MR) is 95.0 cm³/mol. The molecule has 1 N–H and O–H groups in total. The lowest BCUT2D eigenvalue weighted by molar-refractivity contribution is -0.386. The average molecular weight is 360 g/mol. The van der Waals surface area contributed by atoms with Crippen molar-refractivity contribution in [3.63, 3.8) is 0 Å². The van der Waals surface area contributed by atoms with Crippen molar-refractivity contribution < 1.29 is 19.6 Å². The normalized spacial score (nSPS) is 10.5. The molecule has 0 saturated heterocycles. The number of phenols is 1. The van der Waals surface area contributed by atoms with Crippen LogP contribution < -0.4 is 10.3 Å². The minimum Gasteiger partial charge on any atom is -0.501 e. The minimum absolute atomic E-state index is 0.145. The van der Waals surface area contributed by atoms with E-state index in [-0.39, 0.29) is 22.4 Å². The van der Waals surface area contributed by atoms with Crippen molar-refractivity contribution in [3.8, 4) is 11.5 Å². The van der Waals surface area contributed by atoms with Crippen molar-refractivity contribution in [1.29, 1.82) is 0 Å². The van der Waals surface area contributed by atoms with Gasteiger partial charge in [-0.25, -0.2) is 0 Å². The van der Waals surface area contributed by atoms with Crippen molar-refractivity contribution in [2.45, 2.75) is 32.7 Å². The number of ether oxygens (including phenoxy) is 1. The summed E-state index contributed by atoms with van der Waals surface area (Å²) in [4.78, 5) is 35.0. The molecule has 1 heterocycles. The van der Waals surface area contributed by atoms with E-state index in [2.05, 4.69) is 0 Å². The second kappa shape index (κ2) is 8.28. The second-order valence-corrected chi connectivity index (χ2v) is 5.76. The molecule has 8 heteroatoms. The molecule has 138 valence electrons. The third-order valence-electron chi connectivity index (χ3n) is 4.01. The van der Waals surface area contributed by atoms with Gasteiger partial charge in [0.2, 0.25) is 11.5 Å². The number of nitro groups is 1. The average Bonchev–Trinajstić information content (AvgIpc) is 2.62. The van der Waals surface area contributed by atoms with E-state index >= 15 is 0 Å². The number of rotatable bonds is 8. The SMILES string of the molecule is CCCCCn1cc(C(=O)c2ccc(OC)c([N+](=O)[O-])c2O)ccc1=O. The van der Waals surface area contributed by atoms with Crippen molar-refractivity contribution in [3.05, 3.63) is 62.1 Å². The van der Waals surface area contributed by atoms with E-state index in [1.54, 1.807) is 0 Å². The third-order valence-corrected chi connectivity index (χ3v) is 4.01. The largest absolute Gasteiger partial charge is 0.501 e. The number of methoxy groups -OCH3 is 1. The fourth-order valence-electron chi connectivity index (χ4n) is 2.61. The van der Waals surface area contributed by atoms with Crippen molar-refractivity contribution in [2.24, 2.45) is 0 Å². The molecule has 8 nitrogen and oxygen atoms in total. The molecule has 0 fully saturated rings. The zero-order chi connectivity index (χ0) is 19.3. The Labute approximate surface area is 149 Å². The lowest BCUT2D eigenvalue weighted by Gasteiger charge is -2.10. The Morgan fingerprint density at radius 2 is 2.00 bits per heavy atom. The lowest BCUT2D eigenvalue weighted by Crippen LogP contribution is -2.20. The van der Waals surface area contributed by atoms with E-state index in [1.807, 2.05) is 6.92 Å². The summed E-state index contributed by atoms with van der Waals surface area (Å²) >= 11 is 0. The highest BCUT2D eigenvalue weighted by Crippen LogP contribution is 2.39. The second-order valence-electron chi connectivity index (χ2n) is 5.76. The molecule has 0 aliphatic heterocycles. The Balaban J connectivity index is 2.43. The molecule has 0 radical (unpaired) electrons. The Hall–Kier alpha value is -3.16. The van der Waals surface area contributed by atoms with Gasteiger partial charge in [0.25, 0.3) is 5.56 Å². The number of hydrogen-bond donors (Lipinski definition) is 1. The molecule has 0 amide bonds. The van der Waals surface area contributed by atoms with Crippen LogP contribution in [-0.2, 0) is 6.54 Å². The van der Waals surface area contributed by atoms with E-state index in [0.717, 1.165) is 19.3 Å². The van der Waals surface area contributed by atoms with Gasteiger partial charge < -0.3 is 14.4 Å². The highest BCUT2D eigenvalue weighted by atomic mass is 16.6. The summed E-state index contributed by atoms with van der Waals surface area (Å²) in [6.07, 6.45) is 4.16. The molecular formula is C18H20N2O6. The minimum atomic E-state index is -0.809. The van der Waals surface area contributed by atoms with Crippen LogP contribution in [0, 0.1) is 10.1 Å². The first-order valence-corrected chi connectivity index (χ1v) is 8.20. The first kappa shape index (κ1) is 19.2. The highest BCUT2D eigenvalue weighted by molar-refractivity contribution is 6.11. The van der Waals surface area contributed by atoms with Gasteiger partial charge in [0, 0.05) is 24.4 Å². The van der Waals surface area contributed by atoms with E-state index < -0.39 is 22.1 Å². The van der Waals surface area contributed by atoms with Crippen LogP contribution in [0.5, 0.6) is 11.5 Å². The number of ketones is 1.